The standard InChI is InChI=1S/C17H14O6/c1-10(18)12-4-2-11(3-5-12)8-16-13(6-7-23-16)14(19)9-15(20)17(21)22/h2-7,9,19H,8H2,1H3,(H,21,22). The van der Waals surface area contributed by atoms with E-state index < -0.39 is 17.5 Å². The molecule has 0 aliphatic rings. The smallest absolute Gasteiger partial charge is 0.376 e. The fourth-order valence-corrected chi connectivity index (χ4v) is 2.01. The summed E-state index contributed by atoms with van der Waals surface area (Å²) in [6.07, 6.45) is 2.29. The van der Waals surface area contributed by atoms with Crippen molar-refractivity contribution in [2.45, 2.75) is 13.3 Å². The summed E-state index contributed by atoms with van der Waals surface area (Å²) in [5.41, 5.74) is 1.67. The number of aliphatic carboxylic acids is 1. The van der Waals surface area contributed by atoms with E-state index in [9.17, 15) is 19.5 Å². The molecule has 0 fully saturated rings. The Kier molecular flexibility index (Phi) is 4.75. The molecule has 0 spiro atoms. The molecule has 0 saturated carbocycles. The SMILES string of the molecule is CC(=O)c1ccc(Cc2occc2C(O)=CC(=O)C(=O)O)cc1. The highest BCUT2D eigenvalue weighted by molar-refractivity contribution is 6.38. The molecule has 2 aromatic rings. The van der Waals surface area contributed by atoms with Crippen molar-refractivity contribution in [2.75, 3.05) is 0 Å². The van der Waals surface area contributed by atoms with E-state index >= 15 is 0 Å². The van der Waals surface area contributed by atoms with Crippen LogP contribution in [0.3, 0.4) is 0 Å². The Morgan fingerprint density at radius 2 is 1.74 bits per heavy atom. The molecule has 6 heteroatoms. The van der Waals surface area contributed by atoms with Crippen molar-refractivity contribution in [1.29, 1.82) is 0 Å². The van der Waals surface area contributed by atoms with Gasteiger partial charge in [0.1, 0.15) is 11.5 Å². The maximum Gasteiger partial charge on any atom is 0.376 e. The van der Waals surface area contributed by atoms with Gasteiger partial charge in [0, 0.05) is 18.1 Å². The second kappa shape index (κ2) is 6.74. The summed E-state index contributed by atoms with van der Waals surface area (Å²) in [5, 5.41) is 18.4. The van der Waals surface area contributed by atoms with E-state index in [2.05, 4.69) is 0 Å². The maximum atomic E-state index is 11.2. The second-order valence-electron chi connectivity index (χ2n) is 4.89. The number of aliphatic hydroxyl groups is 1. The lowest BCUT2D eigenvalue weighted by Crippen LogP contribution is -2.09. The highest BCUT2D eigenvalue weighted by Gasteiger charge is 2.15. The number of carbonyl (C=O) groups is 3. The summed E-state index contributed by atoms with van der Waals surface area (Å²) in [7, 11) is 0. The Labute approximate surface area is 131 Å². The molecular weight excluding hydrogens is 300 g/mol. The van der Waals surface area contributed by atoms with Crippen LogP contribution in [-0.4, -0.2) is 27.7 Å². The molecule has 0 saturated heterocycles. The molecule has 0 aliphatic heterocycles. The van der Waals surface area contributed by atoms with Gasteiger partial charge in [-0.05, 0) is 18.6 Å². The summed E-state index contributed by atoms with van der Waals surface area (Å²) in [5.74, 6) is -3.00. The van der Waals surface area contributed by atoms with Crippen LogP contribution in [0.2, 0.25) is 0 Å². The van der Waals surface area contributed by atoms with Crippen molar-refractivity contribution < 1.29 is 29.0 Å². The van der Waals surface area contributed by atoms with E-state index in [1.807, 2.05) is 0 Å². The second-order valence-corrected chi connectivity index (χ2v) is 4.89. The van der Waals surface area contributed by atoms with Crippen molar-refractivity contribution in [1.82, 2.24) is 0 Å². The van der Waals surface area contributed by atoms with Crippen LogP contribution in [0.1, 0.15) is 34.2 Å². The zero-order chi connectivity index (χ0) is 17.0. The van der Waals surface area contributed by atoms with Crippen molar-refractivity contribution in [3.63, 3.8) is 0 Å². The number of carboxylic acid groups (broad SMARTS) is 1. The Hall–Kier alpha value is -3.15. The van der Waals surface area contributed by atoms with Crippen molar-refractivity contribution in [3.8, 4) is 0 Å². The number of rotatable bonds is 6. The number of hydrogen-bond acceptors (Lipinski definition) is 5. The zero-order valence-corrected chi connectivity index (χ0v) is 12.3. The van der Waals surface area contributed by atoms with Crippen LogP contribution in [-0.2, 0) is 16.0 Å². The number of carboxylic acids is 1. The Bertz CT molecular complexity index is 780. The fraction of sp³-hybridized carbons (Fsp3) is 0.118. The minimum Gasteiger partial charge on any atom is -0.507 e. The number of benzene rings is 1. The van der Waals surface area contributed by atoms with Crippen LogP contribution in [0, 0.1) is 0 Å². The third-order valence-electron chi connectivity index (χ3n) is 3.23. The van der Waals surface area contributed by atoms with Gasteiger partial charge in [0.2, 0.25) is 0 Å². The first kappa shape index (κ1) is 16.2. The first-order chi connectivity index (χ1) is 10.9. The Morgan fingerprint density at radius 1 is 1.09 bits per heavy atom. The van der Waals surface area contributed by atoms with Crippen molar-refractivity contribution in [3.05, 3.63) is 65.1 Å². The molecule has 6 nitrogen and oxygen atoms in total. The molecule has 2 N–H and O–H groups in total. The lowest BCUT2D eigenvalue weighted by Gasteiger charge is -2.03. The fourth-order valence-electron chi connectivity index (χ4n) is 2.01. The van der Waals surface area contributed by atoms with E-state index in [1.165, 1.54) is 19.3 Å². The molecule has 0 unspecified atom stereocenters. The monoisotopic (exact) mass is 314 g/mol. The van der Waals surface area contributed by atoms with Gasteiger partial charge >= 0.3 is 5.97 Å². The number of furan rings is 1. The number of ketones is 2. The van der Waals surface area contributed by atoms with Gasteiger partial charge in [-0.15, -0.1) is 0 Å². The van der Waals surface area contributed by atoms with E-state index in [-0.39, 0.29) is 11.3 Å². The van der Waals surface area contributed by atoms with E-state index in [1.54, 1.807) is 24.3 Å². The normalized spacial score (nSPS) is 11.3. The average molecular weight is 314 g/mol. The highest BCUT2D eigenvalue weighted by Crippen LogP contribution is 2.22. The van der Waals surface area contributed by atoms with Gasteiger partial charge in [0.15, 0.2) is 5.78 Å². The molecule has 1 aromatic heterocycles. The molecule has 2 rings (SSSR count). The van der Waals surface area contributed by atoms with Gasteiger partial charge in [0.25, 0.3) is 5.78 Å². The molecule has 0 radical (unpaired) electrons. The summed E-state index contributed by atoms with van der Waals surface area (Å²) in [6.45, 7) is 1.47. The number of hydrogen-bond donors (Lipinski definition) is 2. The van der Waals surface area contributed by atoms with E-state index in [4.69, 9.17) is 9.52 Å². The minimum atomic E-state index is -1.65. The zero-order valence-electron chi connectivity index (χ0n) is 12.3. The molecule has 0 atom stereocenters. The van der Waals surface area contributed by atoms with Crippen molar-refractivity contribution >= 4 is 23.3 Å². The van der Waals surface area contributed by atoms with Crippen LogP contribution in [0.15, 0.2) is 47.1 Å². The van der Waals surface area contributed by atoms with Gasteiger partial charge in [-0.2, -0.15) is 0 Å². The van der Waals surface area contributed by atoms with Crippen LogP contribution in [0.5, 0.6) is 0 Å². The maximum absolute atomic E-state index is 11.2. The molecule has 1 aromatic carbocycles. The molecule has 118 valence electrons. The van der Waals surface area contributed by atoms with Gasteiger partial charge in [-0.1, -0.05) is 24.3 Å². The van der Waals surface area contributed by atoms with Crippen molar-refractivity contribution in [2.24, 2.45) is 0 Å². The average Bonchev–Trinajstić information content (AvgIpc) is 2.95. The van der Waals surface area contributed by atoms with Gasteiger partial charge < -0.3 is 14.6 Å². The number of carbonyl (C=O) groups excluding carboxylic acids is 2. The Morgan fingerprint density at radius 3 is 2.30 bits per heavy atom. The quantitative estimate of drug-likeness (QED) is 0.367. The molecular formula is C17H14O6. The summed E-state index contributed by atoms with van der Waals surface area (Å²) in [4.78, 5) is 32.9. The van der Waals surface area contributed by atoms with Crippen LogP contribution >= 0.6 is 0 Å². The first-order valence-corrected chi connectivity index (χ1v) is 6.73. The summed E-state index contributed by atoms with van der Waals surface area (Å²) in [6, 6.07) is 8.33. The highest BCUT2D eigenvalue weighted by atomic mass is 16.4. The third kappa shape index (κ3) is 3.94. The number of Topliss-reactive ketones (excluding diaryl/α,β-unsaturated/α-hetero) is 1. The van der Waals surface area contributed by atoms with Gasteiger partial charge in [0.05, 0.1) is 11.8 Å². The predicted octanol–water partition coefficient (Wildman–Crippen LogP) is 2.63. The lowest BCUT2D eigenvalue weighted by molar-refractivity contribution is -0.146. The molecule has 1 heterocycles. The van der Waals surface area contributed by atoms with E-state index in [0.29, 0.717) is 23.8 Å². The van der Waals surface area contributed by atoms with Gasteiger partial charge in [-0.25, -0.2) is 4.79 Å². The molecule has 23 heavy (non-hydrogen) atoms. The summed E-state index contributed by atoms with van der Waals surface area (Å²) >= 11 is 0. The lowest BCUT2D eigenvalue weighted by atomic mass is 10.0. The largest absolute Gasteiger partial charge is 0.507 e. The molecule has 0 amide bonds. The minimum absolute atomic E-state index is 0.0389. The van der Waals surface area contributed by atoms with Crippen LogP contribution in [0.4, 0.5) is 0 Å². The van der Waals surface area contributed by atoms with Crippen LogP contribution in [0.25, 0.3) is 5.76 Å². The van der Waals surface area contributed by atoms with Crippen LogP contribution < -0.4 is 0 Å². The molecule has 0 bridgehead atoms. The first-order valence-electron chi connectivity index (χ1n) is 6.73. The molecule has 0 aliphatic carbocycles. The van der Waals surface area contributed by atoms with E-state index in [0.717, 1.165) is 5.56 Å². The third-order valence-corrected chi connectivity index (χ3v) is 3.23. The predicted molar refractivity (Wildman–Crippen MR) is 81.2 cm³/mol. The number of aliphatic hydroxyl groups excluding tert-OH is 1. The Balaban J connectivity index is 2.22. The summed E-state index contributed by atoms with van der Waals surface area (Å²) < 4.78 is 5.28. The topological polar surface area (TPSA) is 105 Å². The van der Waals surface area contributed by atoms with Gasteiger partial charge in [-0.3, -0.25) is 9.59 Å².